The number of hydrogen-bond acceptors (Lipinski definition) is 5. The highest BCUT2D eigenvalue weighted by molar-refractivity contribution is 9.10. The van der Waals surface area contributed by atoms with Crippen molar-refractivity contribution < 1.29 is 9.21 Å². The standard InChI is InChI=1S/C19H17BrN2O2S/c1-19(2,3)14-8-4-13(5-9-14)17(23)25-18-22-21-16(24-18)12-6-10-15(20)11-7-12/h4-11H,1-3H3. The zero-order valence-corrected chi connectivity index (χ0v) is 16.5. The number of carbonyl (C=O) groups excluding carboxylic acids is 1. The van der Waals surface area contributed by atoms with Crippen LogP contribution in [-0.4, -0.2) is 15.3 Å². The summed E-state index contributed by atoms with van der Waals surface area (Å²) < 4.78 is 6.56. The summed E-state index contributed by atoms with van der Waals surface area (Å²) in [7, 11) is 0. The summed E-state index contributed by atoms with van der Waals surface area (Å²) in [6.45, 7) is 6.42. The zero-order chi connectivity index (χ0) is 18.0. The molecule has 0 atom stereocenters. The van der Waals surface area contributed by atoms with Crippen LogP contribution in [0, 0.1) is 0 Å². The normalized spacial score (nSPS) is 11.5. The average molecular weight is 417 g/mol. The van der Waals surface area contributed by atoms with E-state index in [0.717, 1.165) is 21.8 Å². The lowest BCUT2D eigenvalue weighted by Gasteiger charge is -2.18. The molecule has 0 unspecified atom stereocenters. The van der Waals surface area contributed by atoms with Gasteiger partial charge in [-0.2, -0.15) is 0 Å². The van der Waals surface area contributed by atoms with Crippen molar-refractivity contribution in [2.24, 2.45) is 0 Å². The quantitative estimate of drug-likeness (QED) is 0.510. The Morgan fingerprint density at radius 1 is 1.00 bits per heavy atom. The minimum absolute atomic E-state index is 0.0563. The Morgan fingerprint density at radius 2 is 1.64 bits per heavy atom. The van der Waals surface area contributed by atoms with Crippen molar-refractivity contribution in [1.82, 2.24) is 10.2 Å². The molecule has 0 saturated heterocycles. The van der Waals surface area contributed by atoms with Gasteiger partial charge >= 0.3 is 0 Å². The van der Waals surface area contributed by atoms with Crippen molar-refractivity contribution >= 4 is 32.8 Å². The van der Waals surface area contributed by atoms with Gasteiger partial charge in [0, 0.05) is 27.4 Å². The molecule has 25 heavy (non-hydrogen) atoms. The molecule has 0 spiro atoms. The van der Waals surface area contributed by atoms with Crippen molar-refractivity contribution in [2.45, 2.75) is 31.4 Å². The van der Waals surface area contributed by atoms with Gasteiger partial charge in [-0.3, -0.25) is 4.79 Å². The lowest BCUT2D eigenvalue weighted by Crippen LogP contribution is -2.11. The molecule has 0 aliphatic carbocycles. The highest BCUT2D eigenvalue weighted by atomic mass is 79.9. The highest BCUT2D eigenvalue weighted by Gasteiger charge is 2.17. The Hall–Kier alpha value is -1.92. The van der Waals surface area contributed by atoms with Gasteiger partial charge < -0.3 is 4.42 Å². The van der Waals surface area contributed by atoms with Crippen molar-refractivity contribution in [3.8, 4) is 11.5 Å². The maximum atomic E-state index is 12.4. The summed E-state index contributed by atoms with van der Waals surface area (Å²) in [5.41, 5.74) is 2.66. The molecule has 128 valence electrons. The van der Waals surface area contributed by atoms with Crippen LogP contribution in [0.4, 0.5) is 0 Å². The third-order valence-electron chi connectivity index (χ3n) is 3.66. The van der Waals surface area contributed by atoms with Crippen molar-refractivity contribution in [3.05, 3.63) is 64.1 Å². The van der Waals surface area contributed by atoms with Crippen LogP contribution in [-0.2, 0) is 5.41 Å². The Labute approximate surface area is 159 Å². The third kappa shape index (κ3) is 4.38. The molecule has 4 nitrogen and oxygen atoms in total. The van der Waals surface area contributed by atoms with E-state index in [9.17, 15) is 4.79 Å². The second kappa shape index (κ2) is 7.14. The lowest BCUT2D eigenvalue weighted by atomic mass is 9.87. The van der Waals surface area contributed by atoms with Gasteiger partial charge in [-0.15, -0.1) is 10.2 Å². The smallest absolute Gasteiger partial charge is 0.284 e. The maximum Gasteiger partial charge on any atom is 0.284 e. The highest BCUT2D eigenvalue weighted by Crippen LogP contribution is 2.28. The summed E-state index contributed by atoms with van der Waals surface area (Å²) in [6.07, 6.45) is 0. The van der Waals surface area contributed by atoms with Gasteiger partial charge in [0.25, 0.3) is 5.22 Å². The topological polar surface area (TPSA) is 56.0 Å². The van der Waals surface area contributed by atoms with Crippen LogP contribution < -0.4 is 0 Å². The van der Waals surface area contributed by atoms with Crippen LogP contribution in [0.3, 0.4) is 0 Å². The van der Waals surface area contributed by atoms with Crippen molar-refractivity contribution in [1.29, 1.82) is 0 Å². The van der Waals surface area contributed by atoms with Crippen LogP contribution in [0.5, 0.6) is 0 Å². The first-order valence-electron chi connectivity index (χ1n) is 7.75. The predicted octanol–water partition coefficient (Wildman–Crippen LogP) is 5.73. The lowest BCUT2D eigenvalue weighted by molar-refractivity contribution is 0.108. The summed E-state index contributed by atoms with van der Waals surface area (Å²) in [5.74, 6) is 0.394. The number of aromatic nitrogens is 2. The van der Waals surface area contributed by atoms with E-state index < -0.39 is 0 Å². The molecule has 0 saturated carbocycles. The Bertz CT molecular complexity index is 881. The fourth-order valence-electron chi connectivity index (χ4n) is 2.20. The molecule has 0 amide bonds. The molecule has 1 aromatic heterocycles. The monoisotopic (exact) mass is 416 g/mol. The molecule has 0 aliphatic heterocycles. The van der Waals surface area contributed by atoms with Gasteiger partial charge in [0.2, 0.25) is 11.0 Å². The number of carbonyl (C=O) groups is 1. The first-order chi connectivity index (χ1) is 11.8. The van der Waals surface area contributed by atoms with Crippen LogP contribution in [0.15, 0.2) is 62.6 Å². The van der Waals surface area contributed by atoms with E-state index in [2.05, 4.69) is 46.9 Å². The van der Waals surface area contributed by atoms with Crippen LogP contribution in [0.2, 0.25) is 0 Å². The molecule has 2 aromatic carbocycles. The molecular formula is C19H17BrN2O2S. The van der Waals surface area contributed by atoms with E-state index in [1.165, 1.54) is 5.56 Å². The predicted molar refractivity (Wildman–Crippen MR) is 103 cm³/mol. The SMILES string of the molecule is CC(C)(C)c1ccc(C(=O)Sc2nnc(-c3ccc(Br)cc3)o2)cc1. The molecule has 3 rings (SSSR count). The molecule has 6 heteroatoms. The number of benzene rings is 2. The molecule has 0 aliphatic rings. The van der Waals surface area contributed by atoms with Gasteiger partial charge in [0.15, 0.2) is 0 Å². The Morgan fingerprint density at radius 3 is 2.24 bits per heavy atom. The minimum atomic E-state index is -0.119. The van der Waals surface area contributed by atoms with E-state index in [1.807, 2.05) is 48.5 Å². The Kier molecular flexibility index (Phi) is 5.11. The number of rotatable bonds is 3. The summed E-state index contributed by atoms with van der Waals surface area (Å²) >= 11 is 4.32. The van der Waals surface area contributed by atoms with E-state index in [0.29, 0.717) is 11.5 Å². The fourth-order valence-corrected chi connectivity index (χ4v) is 3.08. The first kappa shape index (κ1) is 17.9. The summed E-state index contributed by atoms with van der Waals surface area (Å²) in [5, 5.41) is 8.07. The van der Waals surface area contributed by atoms with Gasteiger partial charge in [0.1, 0.15) is 0 Å². The number of hydrogen-bond donors (Lipinski definition) is 0. The molecule has 0 N–H and O–H groups in total. The van der Waals surface area contributed by atoms with Crippen LogP contribution in [0.1, 0.15) is 36.7 Å². The molecule has 1 heterocycles. The summed E-state index contributed by atoms with van der Waals surface area (Å²) in [4.78, 5) is 12.4. The van der Waals surface area contributed by atoms with E-state index in [-0.39, 0.29) is 15.8 Å². The molecule has 0 radical (unpaired) electrons. The second-order valence-electron chi connectivity index (χ2n) is 6.60. The van der Waals surface area contributed by atoms with E-state index in [4.69, 9.17) is 4.42 Å². The Balaban J connectivity index is 1.72. The van der Waals surface area contributed by atoms with Crippen LogP contribution in [0.25, 0.3) is 11.5 Å². The summed E-state index contributed by atoms with van der Waals surface area (Å²) in [6, 6.07) is 15.2. The second-order valence-corrected chi connectivity index (χ2v) is 8.44. The number of nitrogens with zero attached hydrogens (tertiary/aromatic N) is 2. The van der Waals surface area contributed by atoms with Gasteiger partial charge in [-0.05, 0) is 35.2 Å². The van der Waals surface area contributed by atoms with Gasteiger partial charge in [-0.25, -0.2) is 0 Å². The largest absolute Gasteiger partial charge is 0.411 e. The fraction of sp³-hybridized carbons (Fsp3) is 0.211. The molecular weight excluding hydrogens is 400 g/mol. The zero-order valence-electron chi connectivity index (χ0n) is 14.1. The van der Waals surface area contributed by atoms with Crippen LogP contribution >= 0.6 is 27.7 Å². The van der Waals surface area contributed by atoms with Crippen molar-refractivity contribution in [2.75, 3.05) is 0 Å². The van der Waals surface area contributed by atoms with Gasteiger partial charge in [-0.1, -0.05) is 61.0 Å². The average Bonchev–Trinajstić information content (AvgIpc) is 3.03. The first-order valence-corrected chi connectivity index (χ1v) is 9.36. The minimum Gasteiger partial charge on any atom is -0.411 e. The molecule has 0 fully saturated rings. The van der Waals surface area contributed by atoms with Crippen molar-refractivity contribution in [3.63, 3.8) is 0 Å². The maximum absolute atomic E-state index is 12.4. The molecule has 0 bridgehead atoms. The van der Waals surface area contributed by atoms with E-state index >= 15 is 0 Å². The third-order valence-corrected chi connectivity index (χ3v) is 4.95. The molecule has 3 aromatic rings. The van der Waals surface area contributed by atoms with E-state index in [1.54, 1.807) is 0 Å². The number of thioether (sulfide) groups is 1. The van der Waals surface area contributed by atoms with Gasteiger partial charge in [0.05, 0.1) is 0 Å². The number of halogens is 1.